The predicted molar refractivity (Wildman–Crippen MR) is 125 cm³/mol. The Morgan fingerprint density at radius 3 is 2.70 bits per heavy atom. The first-order valence-corrected chi connectivity index (χ1v) is 10.2. The topological polar surface area (TPSA) is 59.9 Å². The van der Waals surface area contributed by atoms with Crippen molar-refractivity contribution in [2.24, 2.45) is 4.99 Å². The van der Waals surface area contributed by atoms with Gasteiger partial charge in [-0.2, -0.15) is 0 Å². The second-order valence-electron chi connectivity index (χ2n) is 7.17. The van der Waals surface area contributed by atoms with Gasteiger partial charge in [-0.1, -0.05) is 36.8 Å². The minimum atomic E-state index is 0. The largest absolute Gasteiger partial charge is 0.396 e. The molecule has 0 bridgehead atoms. The highest BCUT2D eigenvalue weighted by molar-refractivity contribution is 14.0. The molecular formula is C21H37IN4O. The van der Waals surface area contributed by atoms with E-state index < -0.39 is 0 Å². The summed E-state index contributed by atoms with van der Waals surface area (Å²) in [5, 5.41) is 16.4. The van der Waals surface area contributed by atoms with Gasteiger partial charge in [0.15, 0.2) is 5.96 Å². The highest BCUT2D eigenvalue weighted by atomic mass is 127. The summed E-state index contributed by atoms with van der Waals surface area (Å²) in [4.78, 5) is 7.28. The molecule has 0 saturated carbocycles. The van der Waals surface area contributed by atoms with Crippen molar-refractivity contribution in [3.63, 3.8) is 0 Å². The third-order valence-electron chi connectivity index (χ3n) is 5.16. The number of hydrogen-bond donors (Lipinski definition) is 3. The fraction of sp³-hybridized carbons (Fsp3) is 0.667. The third kappa shape index (κ3) is 8.79. The van der Waals surface area contributed by atoms with Gasteiger partial charge in [0.1, 0.15) is 0 Å². The summed E-state index contributed by atoms with van der Waals surface area (Å²) in [5.74, 6) is 0.884. The zero-order valence-electron chi connectivity index (χ0n) is 16.9. The van der Waals surface area contributed by atoms with E-state index >= 15 is 0 Å². The summed E-state index contributed by atoms with van der Waals surface area (Å²) < 4.78 is 0. The van der Waals surface area contributed by atoms with Crippen molar-refractivity contribution in [2.75, 3.05) is 39.3 Å². The molecule has 0 radical (unpaired) electrons. The van der Waals surface area contributed by atoms with E-state index in [1.165, 1.54) is 25.8 Å². The number of hydrogen-bond acceptors (Lipinski definition) is 3. The molecule has 1 aliphatic heterocycles. The van der Waals surface area contributed by atoms with Crippen molar-refractivity contribution in [1.29, 1.82) is 0 Å². The SMILES string of the molecule is CCNC(=NCC(CO)c1ccccc1)NCCCN1CCCCC1C.I. The Bertz CT molecular complexity index is 526. The molecule has 1 aromatic rings. The van der Waals surface area contributed by atoms with Gasteiger partial charge >= 0.3 is 0 Å². The van der Waals surface area contributed by atoms with E-state index in [-0.39, 0.29) is 36.5 Å². The summed E-state index contributed by atoms with van der Waals surface area (Å²) in [6.07, 6.45) is 5.17. The summed E-state index contributed by atoms with van der Waals surface area (Å²) in [7, 11) is 0. The number of nitrogens with zero attached hydrogens (tertiary/aromatic N) is 2. The summed E-state index contributed by atoms with van der Waals surface area (Å²) in [6.45, 7) is 9.26. The van der Waals surface area contributed by atoms with Crippen LogP contribution in [-0.2, 0) is 0 Å². The molecule has 2 atom stereocenters. The van der Waals surface area contributed by atoms with Crippen LogP contribution in [0.15, 0.2) is 35.3 Å². The number of halogens is 1. The van der Waals surface area contributed by atoms with Crippen molar-refractivity contribution >= 4 is 29.9 Å². The Hall–Kier alpha value is -0.860. The summed E-state index contributed by atoms with van der Waals surface area (Å²) in [6, 6.07) is 10.8. The second kappa shape index (κ2) is 14.2. The van der Waals surface area contributed by atoms with Gasteiger partial charge in [0.05, 0.1) is 13.2 Å². The zero-order chi connectivity index (χ0) is 18.6. The van der Waals surface area contributed by atoms with E-state index in [2.05, 4.69) is 46.5 Å². The number of aliphatic hydroxyl groups is 1. The van der Waals surface area contributed by atoms with E-state index in [0.29, 0.717) is 6.54 Å². The molecule has 1 aromatic carbocycles. The molecule has 1 aliphatic rings. The van der Waals surface area contributed by atoms with Crippen LogP contribution in [0.4, 0.5) is 0 Å². The number of aliphatic hydroxyl groups excluding tert-OH is 1. The van der Waals surface area contributed by atoms with Gasteiger partial charge in [0, 0.05) is 31.6 Å². The van der Waals surface area contributed by atoms with Gasteiger partial charge in [-0.05, 0) is 45.2 Å². The number of likely N-dealkylation sites (tertiary alicyclic amines) is 1. The van der Waals surface area contributed by atoms with Gasteiger partial charge in [-0.25, -0.2) is 0 Å². The standard InChI is InChI=1S/C21H36N4O.HI/c1-3-22-21(23-13-9-15-25-14-8-7-10-18(25)2)24-16-20(17-26)19-11-5-4-6-12-19;/h4-6,11-12,18,20,26H,3,7-10,13-17H2,1-2H3,(H2,22,23,24);1H. The van der Waals surface area contributed by atoms with Crippen LogP contribution in [-0.4, -0.2) is 61.3 Å². The van der Waals surface area contributed by atoms with Crippen molar-refractivity contribution < 1.29 is 5.11 Å². The highest BCUT2D eigenvalue weighted by Crippen LogP contribution is 2.16. The molecular weight excluding hydrogens is 451 g/mol. The lowest BCUT2D eigenvalue weighted by molar-refractivity contribution is 0.159. The maximum Gasteiger partial charge on any atom is 0.191 e. The second-order valence-corrected chi connectivity index (χ2v) is 7.17. The lowest BCUT2D eigenvalue weighted by Crippen LogP contribution is -2.41. The van der Waals surface area contributed by atoms with Crippen LogP contribution in [0.25, 0.3) is 0 Å². The number of aliphatic imine (C=N–C) groups is 1. The molecule has 0 spiro atoms. The van der Waals surface area contributed by atoms with Crippen LogP contribution in [0, 0.1) is 0 Å². The molecule has 1 heterocycles. The van der Waals surface area contributed by atoms with E-state index in [1.54, 1.807) is 0 Å². The number of rotatable bonds is 9. The molecule has 27 heavy (non-hydrogen) atoms. The molecule has 6 heteroatoms. The van der Waals surface area contributed by atoms with Gasteiger partial charge in [0.2, 0.25) is 0 Å². The van der Waals surface area contributed by atoms with Crippen LogP contribution >= 0.6 is 24.0 Å². The fourth-order valence-electron chi connectivity index (χ4n) is 3.52. The molecule has 3 N–H and O–H groups in total. The minimum Gasteiger partial charge on any atom is -0.396 e. The molecule has 5 nitrogen and oxygen atoms in total. The summed E-state index contributed by atoms with van der Waals surface area (Å²) >= 11 is 0. The van der Waals surface area contributed by atoms with Crippen LogP contribution in [0.2, 0.25) is 0 Å². The number of piperidine rings is 1. The van der Waals surface area contributed by atoms with Gasteiger partial charge in [-0.3, -0.25) is 4.99 Å². The first-order chi connectivity index (χ1) is 12.7. The monoisotopic (exact) mass is 488 g/mol. The molecule has 1 saturated heterocycles. The number of guanidine groups is 1. The summed E-state index contributed by atoms with van der Waals surface area (Å²) in [5.41, 5.74) is 1.13. The average Bonchev–Trinajstić information content (AvgIpc) is 2.67. The van der Waals surface area contributed by atoms with Crippen LogP contribution in [0.5, 0.6) is 0 Å². The first-order valence-electron chi connectivity index (χ1n) is 10.2. The van der Waals surface area contributed by atoms with Crippen LogP contribution < -0.4 is 10.6 Å². The Morgan fingerprint density at radius 2 is 2.04 bits per heavy atom. The van der Waals surface area contributed by atoms with Gasteiger partial charge in [-0.15, -0.1) is 24.0 Å². The van der Waals surface area contributed by atoms with Gasteiger partial charge in [0.25, 0.3) is 0 Å². The Balaban J connectivity index is 0.00000364. The fourth-order valence-corrected chi connectivity index (χ4v) is 3.52. The normalized spacial score (nSPS) is 19.2. The lowest BCUT2D eigenvalue weighted by atomic mass is 10.0. The average molecular weight is 488 g/mol. The van der Waals surface area contributed by atoms with Crippen molar-refractivity contribution in [1.82, 2.24) is 15.5 Å². The Morgan fingerprint density at radius 1 is 1.26 bits per heavy atom. The van der Waals surface area contributed by atoms with E-state index in [9.17, 15) is 5.11 Å². The molecule has 0 amide bonds. The quantitative estimate of drug-likeness (QED) is 0.216. The number of benzene rings is 1. The molecule has 154 valence electrons. The van der Waals surface area contributed by atoms with Crippen molar-refractivity contribution in [3.05, 3.63) is 35.9 Å². The third-order valence-corrected chi connectivity index (χ3v) is 5.16. The van der Waals surface area contributed by atoms with Gasteiger partial charge < -0.3 is 20.6 Å². The van der Waals surface area contributed by atoms with Crippen molar-refractivity contribution in [3.8, 4) is 0 Å². The highest BCUT2D eigenvalue weighted by Gasteiger charge is 2.17. The number of nitrogens with one attached hydrogen (secondary N) is 2. The lowest BCUT2D eigenvalue weighted by Gasteiger charge is -2.33. The minimum absolute atomic E-state index is 0. The molecule has 0 aromatic heterocycles. The first kappa shape index (κ1) is 24.2. The maximum absolute atomic E-state index is 9.69. The predicted octanol–water partition coefficient (Wildman–Crippen LogP) is 3.20. The maximum atomic E-state index is 9.69. The van der Waals surface area contributed by atoms with E-state index in [0.717, 1.165) is 43.6 Å². The van der Waals surface area contributed by atoms with E-state index in [4.69, 9.17) is 0 Å². The van der Waals surface area contributed by atoms with Crippen LogP contribution in [0.3, 0.4) is 0 Å². The Kier molecular flexibility index (Phi) is 12.7. The molecule has 1 fully saturated rings. The van der Waals surface area contributed by atoms with Crippen LogP contribution in [0.1, 0.15) is 51.0 Å². The Labute approximate surface area is 182 Å². The molecule has 0 aliphatic carbocycles. The molecule has 2 rings (SSSR count). The van der Waals surface area contributed by atoms with Crippen molar-refractivity contribution in [2.45, 2.75) is 51.5 Å². The van der Waals surface area contributed by atoms with E-state index in [1.807, 2.05) is 18.2 Å². The zero-order valence-corrected chi connectivity index (χ0v) is 19.2. The smallest absolute Gasteiger partial charge is 0.191 e. The molecule has 2 unspecified atom stereocenters.